The predicted molar refractivity (Wildman–Crippen MR) is 109 cm³/mol. The minimum Gasteiger partial charge on any atom is -0.496 e. The van der Waals surface area contributed by atoms with Crippen LogP contribution in [0.3, 0.4) is 0 Å². The van der Waals surface area contributed by atoms with Gasteiger partial charge in [0.2, 0.25) is 15.9 Å². The molecule has 0 spiro atoms. The van der Waals surface area contributed by atoms with Crippen molar-refractivity contribution >= 4 is 10.0 Å². The van der Waals surface area contributed by atoms with Crippen LogP contribution in [-0.2, 0) is 10.0 Å². The molecule has 30 heavy (non-hydrogen) atoms. The van der Waals surface area contributed by atoms with Crippen LogP contribution in [-0.4, -0.2) is 53.1 Å². The number of hydrogen-bond acceptors (Lipinski definition) is 8. The summed E-state index contributed by atoms with van der Waals surface area (Å²) in [5.41, 5.74) is 1.40. The van der Waals surface area contributed by atoms with Gasteiger partial charge < -0.3 is 9.15 Å². The normalized spacial score (nSPS) is 17.8. The Morgan fingerprint density at radius 3 is 2.63 bits per heavy atom. The number of aryl methyl sites for hydroxylation is 2. The van der Waals surface area contributed by atoms with Gasteiger partial charge in [-0.1, -0.05) is 0 Å². The molecule has 0 N–H and O–H groups in total. The van der Waals surface area contributed by atoms with E-state index in [0.29, 0.717) is 48.4 Å². The molecule has 158 valence electrons. The topological polar surface area (TPSA) is 111 Å². The number of sulfonamides is 1. The third-order valence-corrected chi connectivity index (χ3v) is 7.07. The Morgan fingerprint density at radius 2 is 1.93 bits per heavy atom. The van der Waals surface area contributed by atoms with Crippen molar-refractivity contribution in [1.29, 1.82) is 0 Å². The Balaban J connectivity index is 1.54. The molecule has 1 aliphatic rings. The summed E-state index contributed by atoms with van der Waals surface area (Å²) in [7, 11) is -2.07. The van der Waals surface area contributed by atoms with Gasteiger partial charge in [-0.2, -0.15) is 4.31 Å². The number of benzene rings is 1. The molecule has 0 saturated carbocycles. The first-order chi connectivity index (χ1) is 14.4. The van der Waals surface area contributed by atoms with Crippen molar-refractivity contribution in [2.24, 2.45) is 0 Å². The molecule has 0 aliphatic carbocycles. The van der Waals surface area contributed by atoms with Crippen LogP contribution in [0, 0.1) is 13.8 Å². The van der Waals surface area contributed by atoms with E-state index < -0.39 is 10.0 Å². The lowest BCUT2D eigenvalue weighted by atomic mass is 10.00. The molecule has 10 heteroatoms. The van der Waals surface area contributed by atoms with Crippen molar-refractivity contribution in [3.8, 4) is 17.2 Å². The van der Waals surface area contributed by atoms with E-state index in [2.05, 4.69) is 20.2 Å². The zero-order valence-corrected chi connectivity index (χ0v) is 17.9. The second-order valence-corrected chi connectivity index (χ2v) is 9.24. The van der Waals surface area contributed by atoms with Gasteiger partial charge in [-0.25, -0.2) is 18.4 Å². The van der Waals surface area contributed by atoms with E-state index in [0.717, 1.165) is 12.0 Å². The maximum atomic E-state index is 13.2. The number of hydrogen-bond donors (Lipinski definition) is 0. The quantitative estimate of drug-likeness (QED) is 0.609. The third-order valence-electron chi connectivity index (χ3n) is 5.21. The second-order valence-electron chi connectivity index (χ2n) is 7.30. The van der Waals surface area contributed by atoms with Crippen LogP contribution in [0.1, 0.15) is 36.0 Å². The van der Waals surface area contributed by atoms with E-state index in [9.17, 15) is 8.42 Å². The van der Waals surface area contributed by atoms with Gasteiger partial charge in [0, 0.05) is 25.5 Å². The maximum absolute atomic E-state index is 13.2. The van der Waals surface area contributed by atoms with E-state index >= 15 is 0 Å². The van der Waals surface area contributed by atoms with Gasteiger partial charge >= 0.3 is 0 Å². The fourth-order valence-electron chi connectivity index (χ4n) is 3.54. The van der Waals surface area contributed by atoms with Crippen LogP contribution in [0.25, 0.3) is 11.5 Å². The highest BCUT2D eigenvalue weighted by atomic mass is 32.2. The largest absolute Gasteiger partial charge is 0.496 e. The highest BCUT2D eigenvalue weighted by molar-refractivity contribution is 7.89. The fraction of sp³-hybridized carbons (Fsp3) is 0.400. The molecular formula is C20H23N5O4S. The first kappa shape index (κ1) is 20.4. The van der Waals surface area contributed by atoms with Gasteiger partial charge in [0.05, 0.1) is 23.5 Å². The summed E-state index contributed by atoms with van der Waals surface area (Å²) in [4.78, 5) is 8.53. The van der Waals surface area contributed by atoms with Crippen LogP contribution in [0.4, 0.5) is 0 Å². The molecule has 0 radical (unpaired) electrons. The molecule has 1 fully saturated rings. The molecule has 4 rings (SSSR count). The summed E-state index contributed by atoms with van der Waals surface area (Å²) in [6.45, 7) is 4.37. The number of ether oxygens (including phenoxy) is 1. The lowest BCUT2D eigenvalue weighted by molar-refractivity contribution is 0.286. The van der Waals surface area contributed by atoms with Crippen LogP contribution in [0.2, 0.25) is 0 Å². The molecule has 3 heterocycles. The van der Waals surface area contributed by atoms with Gasteiger partial charge in [-0.3, -0.25) is 0 Å². The molecular weight excluding hydrogens is 406 g/mol. The Bertz CT molecular complexity index is 1140. The van der Waals surface area contributed by atoms with Gasteiger partial charge in [0.25, 0.3) is 5.89 Å². The van der Waals surface area contributed by atoms with Crippen LogP contribution in [0.15, 0.2) is 39.9 Å². The zero-order valence-electron chi connectivity index (χ0n) is 17.1. The van der Waals surface area contributed by atoms with Crippen molar-refractivity contribution in [3.05, 3.63) is 47.9 Å². The van der Waals surface area contributed by atoms with E-state index in [1.54, 1.807) is 44.6 Å². The van der Waals surface area contributed by atoms with E-state index in [1.807, 2.05) is 6.92 Å². The minimum atomic E-state index is -3.63. The smallest absolute Gasteiger partial charge is 0.250 e. The molecule has 1 aliphatic heterocycles. The average Bonchev–Trinajstić information content (AvgIpc) is 3.24. The highest BCUT2D eigenvalue weighted by Crippen LogP contribution is 2.32. The monoisotopic (exact) mass is 429 g/mol. The van der Waals surface area contributed by atoms with Crippen molar-refractivity contribution < 1.29 is 17.6 Å². The van der Waals surface area contributed by atoms with Gasteiger partial charge in [0.1, 0.15) is 11.6 Å². The van der Waals surface area contributed by atoms with Crippen molar-refractivity contribution in [3.63, 3.8) is 0 Å². The fourth-order valence-corrected chi connectivity index (χ4v) is 5.15. The van der Waals surface area contributed by atoms with Crippen molar-refractivity contribution in [1.82, 2.24) is 24.5 Å². The Morgan fingerprint density at radius 1 is 1.17 bits per heavy atom. The van der Waals surface area contributed by atoms with Crippen molar-refractivity contribution in [2.45, 2.75) is 37.5 Å². The maximum Gasteiger partial charge on any atom is 0.250 e. The molecule has 1 aromatic carbocycles. The summed E-state index contributed by atoms with van der Waals surface area (Å²) in [5, 5.41) is 8.24. The zero-order chi connectivity index (χ0) is 21.3. The van der Waals surface area contributed by atoms with Gasteiger partial charge in [-0.05, 0) is 50.5 Å². The second kappa shape index (κ2) is 8.11. The highest BCUT2D eigenvalue weighted by Gasteiger charge is 2.33. The number of piperidine rings is 1. The molecule has 1 saturated heterocycles. The number of methoxy groups -OCH3 is 1. The Labute approximate surface area is 175 Å². The molecule has 0 amide bonds. The van der Waals surface area contributed by atoms with E-state index in [-0.39, 0.29) is 10.8 Å². The van der Waals surface area contributed by atoms with Gasteiger partial charge in [-0.15, -0.1) is 10.2 Å². The number of nitrogens with zero attached hydrogens (tertiary/aromatic N) is 5. The number of aromatic nitrogens is 4. The third kappa shape index (κ3) is 3.92. The molecule has 3 aromatic rings. The molecule has 0 bridgehead atoms. The summed E-state index contributed by atoms with van der Waals surface area (Å²) >= 11 is 0. The van der Waals surface area contributed by atoms with Crippen LogP contribution >= 0.6 is 0 Å². The first-order valence-electron chi connectivity index (χ1n) is 9.65. The van der Waals surface area contributed by atoms with Crippen molar-refractivity contribution in [2.75, 3.05) is 20.2 Å². The summed E-state index contributed by atoms with van der Waals surface area (Å²) in [6, 6.07) is 4.89. The lowest BCUT2D eigenvalue weighted by Crippen LogP contribution is -2.39. The SMILES string of the molecule is COc1ccc(S(=O)(=O)N2CCC[C@@H](c3nnc(-c4cnc(C)nc4)o3)C2)cc1C. The summed E-state index contributed by atoms with van der Waals surface area (Å²) < 4.78 is 38.9. The van der Waals surface area contributed by atoms with Crippen LogP contribution < -0.4 is 4.74 Å². The predicted octanol–water partition coefficient (Wildman–Crippen LogP) is 2.72. The lowest BCUT2D eigenvalue weighted by Gasteiger charge is -2.30. The standard InChI is InChI=1S/C20H23N5O4S/c1-13-9-17(6-7-18(13)28-3)30(26,27)25-8-4-5-15(12-25)19-23-24-20(29-19)16-10-21-14(2)22-11-16/h6-7,9-11,15H,4-5,8,12H2,1-3H3/t15-/m1/s1. The minimum absolute atomic E-state index is 0.166. The molecule has 0 unspecified atom stereocenters. The molecule has 9 nitrogen and oxygen atoms in total. The molecule has 1 atom stereocenters. The van der Waals surface area contributed by atoms with Gasteiger partial charge in [0.15, 0.2) is 0 Å². The van der Waals surface area contributed by atoms with Crippen LogP contribution in [0.5, 0.6) is 5.75 Å². The van der Waals surface area contributed by atoms with E-state index in [4.69, 9.17) is 9.15 Å². The summed E-state index contributed by atoms with van der Waals surface area (Å²) in [5.74, 6) is 1.90. The molecule has 2 aromatic heterocycles. The summed E-state index contributed by atoms with van der Waals surface area (Å²) in [6.07, 6.45) is 4.75. The van der Waals surface area contributed by atoms with E-state index in [1.165, 1.54) is 4.31 Å². The average molecular weight is 430 g/mol. The Kier molecular flexibility index (Phi) is 5.52. The Hall–Kier alpha value is -2.85. The number of rotatable bonds is 5. The first-order valence-corrected chi connectivity index (χ1v) is 11.1.